The summed E-state index contributed by atoms with van der Waals surface area (Å²) in [4.78, 5) is 29.1. The molecule has 1 saturated heterocycles. The zero-order valence-corrected chi connectivity index (χ0v) is 16.9. The van der Waals surface area contributed by atoms with Crippen molar-refractivity contribution in [1.82, 2.24) is 24.8 Å². The van der Waals surface area contributed by atoms with Crippen LogP contribution in [0.15, 0.2) is 24.5 Å². The van der Waals surface area contributed by atoms with Gasteiger partial charge < -0.3 is 14.6 Å². The van der Waals surface area contributed by atoms with Crippen molar-refractivity contribution in [2.24, 2.45) is 0 Å². The Balaban J connectivity index is 1.48. The molecule has 0 bridgehead atoms. The molecule has 9 heteroatoms. The van der Waals surface area contributed by atoms with Gasteiger partial charge in [0, 0.05) is 37.9 Å². The van der Waals surface area contributed by atoms with Gasteiger partial charge in [-0.3, -0.25) is 4.79 Å². The summed E-state index contributed by atoms with van der Waals surface area (Å²) in [6, 6.07) is 5.81. The van der Waals surface area contributed by atoms with E-state index in [9.17, 15) is 13.6 Å². The molecule has 30 heavy (non-hydrogen) atoms. The van der Waals surface area contributed by atoms with Crippen molar-refractivity contribution >= 4 is 17.1 Å². The summed E-state index contributed by atoms with van der Waals surface area (Å²) >= 11 is 0. The van der Waals surface area contributed by atoms with E-state index in [-0.39, 0.29) is 19.2 Å². The second-order valence-electron chi connectivity index (χ2n) is 7.38. The summed E-state index contributed by atoms with van der Waals surface area (Å²) in [5.41, 5.74) is 4.05. The predicted molar refractivity (Wildman–Crippen MR) is 107 cm³/mol. The number of piperidine rings is 1. The number of nitrogens with zero attached hydrogens (tertiary/aromatic N) is 4. The fourth-order valence-electron chi connectivity index (χ4n) is 3.69. The Hall–Kier alpha value is -3.10. The Morgan fingerprint density at radius 2 is 2.07 bits per heavy atom. The van der Waals surface area contributed by atoms with E-state index in [1.54, 1.807) is 0 Å². The quantitative estimate of drug-likeness (QED) is 0.689. The number of carbonyl (C=O) groups excluding carboxylic acids is 1. The van der Waals surface area contributed by atoms with Crippen molar-refractivity contribution in [2.75, 3.05) is 13.1 Å². The zero-order valence-electron chi connectivity index (χ0n) is 16.9. The maximum atomic E-state index is 12.6. The Labute approximate surface area is 172 Å². The van der Waals surface area contributed by atoms with Crippen molar-refractivity contribution in [3.8, 4) is 17.0 Å². The molecule has 0 atom stereocenters. The van der Waals surface area contributed by atoms with Gasteiger partial charge in [-0.2, -0.15) is 8.78 Å². The number of likely N-dealkylation sites (tertiary alicyclic amines) is 1. The smallest absolute Gasteiger partial charge is 0.315 e. The third kappa shape index (κ3) is 3.96. The molecule has 1 aliphatic rings. The second-order valence-corrected chi connectivity index (χ2v) is 7.38. The molecule has 0 unspecified atom stereocenters. The molecule has 3 heterocycles. The lowest BCUT2D eigenvalue weighted by atomic mass is 10.1. The van der Waals surface area contributed by atoms with Crippen molar-refractivity contribution in [2.45, 2.75) is 45.6 Å². The van der Waals surface area contributed by atoms with E-state index >= 15 is 0 Å². The van der Waals surface area contributed by atoms with Gasteiger partial charge in [-0.15, -0.1) is 0 Å². The first kappa shape index (κ1) is 20.2. The van der Waals surface area contributed by atoms with E-state index in [0.29, 0.717) is 18.5 Å². The summed E-state index contributed by atoms with van der Waals surface area (Å²) < 4.78 is 31.2. The van der Waals surface area contributed by atoms with Crippen LogP contribution in [0.1, 0.15) is 31.2 Å². The first-order chi connectivity index (χ1) is 14.5. The molecular weight excluding hydrogens is 392 g/mol. The number of nitrogens with one attached hydrogen (secondary N) is 1. The molecule has 1 aromatic carbocycles. The fraction of sp³-hybridized carbons (Fsp3) is 0.429. The first-order valence-corrected chi connectivity index (χ1v) is 10.0. The van der Waals surface area contributed by atoms with Gasteiger partial charge in [-0.25, -0.2) is 15.0 Å². The minimum absolute atomic E-state index is 0.111. The summed E-state index contributed by atoms with van der Waals surface area (Å²) in [5.74, 6) is 0.494. The van der Waals surface area contributed by atoms with Crippen molar-refractivity contribution < 1.29 is 18.3 Å². The molecule has 1 N–H and O–H groups in total. The van der Waals surface area contributed by atoms with Crippen LogP contribution < -0.4 is 4.74 Å². The van der Waals surface area contributed by atoms with E-state index in [1.807, 2.05) is 32.0 Å². The number of hydrogen-bond acceptors (Lipinski definition) is 5. The first-order valence-electron chi connectivity index (χ1n) is 10.0. The normalized spacial score (nSPS) is 15.2. The molecule has 2 aromatic heterocycles. The van der Waals surface area contributed by atoms with Crippen LogP contribution >= 0.6 is 0 Å². The number of fused-ring (bicyclic) bond motifs is 1. The number of aryl methyl sites for hydroxylation is 2. The Kier molecular flexibility index (Phi) is 5.61. The number of ether oxygens (including phenoxy) is 1. The number of rotatable bonds is 5. The third-order valence-electron chi connectivity index (χ3n) is 5.35. The molecule has 4 rings (SSSR count). The lowest BCUT2D eigenvalue weighted by Gasteiger charge is -2.32. The van der Waals surface area contributed by atoms with E-state index in [2.05, 4.69) is 19.9 Å². The van der Waals surface area contributed by atoms with Gasteiger partial charge in [0.15, 0.2) is 5.65 Å². The van der Waals surface area contributed by atoms with Gasteiger partial charge in [0.1, 0.15) is 35.2 Å². The average Bonchev–Trinajstić information content (AvgIpc) is 3.18. The maximum absolute atomic E-state index is 12.6. The van der Waals surface area contributed by atoms with Crippen LogP contribution in [0.25, 0.3) is 22.4 Å². The highest BCUT2D eigenvalue weighted by Gasteiger charge is 2.28. The van der Waals surface area contributed by atoms with E-state index in [0.717, 1.165) is 40.3 Å². The van der Waals surface area contributed by atoms with Crippen LogP contribution in [0.5, 0.6) is 5.75 Å². The number of benzene rings is 1. The van der Waals surface area contributed by atoms with Gasteiger partial charge in [-0.05, 0) is 30.7 Å². The van der Waals surface area contributed by atoms with E-state index in [1.165, 1.54) is 11.2 Å². The molecule has 1 fully saturated rings. The average molecular weight is 415 g/mol. The zero-order chi connectivity index (χ0) is 21.3. The number of hydrogen-bond donors (Lipinski definition) is 1. The van der Waals surface area contributed by atoms with Crippen molar-refractivity contribution in [3.05, 3.63) is 35.9 Å². The molecule has 0 aliphatic carbocycles. The largest absolute Gasteiger partial charge is 0.490 e. The van der Waals surface area contributed by atoms with Crippen molar-refractivity contribution in [1.29, 1.82) is 0 Å². The fourth-order valence-corrected chi connectivity index (χ4v) is 3.69. The molecule has 1 amide bonds. The summed E-state index contributed by atoms with van der Waals surface area (Å²) in [6.07, 6.45) is 0.291. The maximum Gasteiger partial charge on any atom is 0.315 e. The third-order valence-corrected chi connectivity index (χ3v) is 5.35. The lowest BCUT2D eigenvalue weighted by molar-refractivity contribution is -0.144. The molecule has 0 radical (unpaired) electrons. The summed E-state index contributed by atoms with van der Waals surface area (Å²) in [5, 5.41) is 0. The highest BCUT2D eigenvalue weighted by atomic mass is 19.3. The van der Waals surface area contributed by atoms with E-state index in [4.69, 9.17) is 4.74 Å². The Bertz CT molecular complexity index is 1060. The van der Waals surface area contributed by atoms with Crippen LogP contribution in [0.2, 0.25) is 0 Å². The summed E-state index contributed by atoms with van der Waals surface area (Å²) in [7, 11) is 0. The molecule has 0 spiro atoms. The van der Waals surface area contributed by atoms with Gasteiger partial charge >= 0.3 is 6.43 Å². The van der Waals surface area contributed by atoms with Crippen LogP contribution in [0, 0.1) is 6.92 Å². The Morgan fingerprint density at radius 3 is 2.73 bits per heavy atom. The van der Waals surface area contributed by atoms with Crippen LogP contribution in [0.4, 0.5) is 8.78 Å². The predicted octanol–water partition coefficient (Wildman–Crippen LogP) is 3.53. The van der Waals surface area contributed by atoms with Crippen molar-refractivity contribution in [3.63, 3.8) is 0 Å². The topological polar surface area (TPSA) is 84.0 Å². The minimum Gasteiger partial charge on any atom is -0.490 e. The van der Waals surface area contributed by atoms with E-state index < -0.39 is 12.3 Å². The number of H-pyrrole nitrogens is 1. The van der Waals surface area contributed by atoms with Crippen LogP contribution in [-0.4, -0.2) is 56.4 Å². The number of amides is 1. The molecule has 158 valence electrons. The molecule has 0 saturated carbocycles. The van der Waals surface area contributed by atoms with Gasteiger partial charge in [0.25, 0.3) is 5.91 Å². The minimum atomic E-state index is -2.95. The molecular formula is C21H23F2N5O2. The number of carbonyl (C=O) groups is 1. The van der Waals surface area contributed by atoms with Gasteiger partial charge in [0.2, 0.25) is 0 Å². The number of aromatic amines is 1. The number of halogens is 2. The number of alkyl halides is 2. The van der Waals surface area contributed by atoms with Gasteiger partial charge in [-0.1, -0.05) is 6.92 Å². The molecule has 3 aromatic rings. The number of aromatic nitrogens is 4. The monoisotopic (exact) mass is 415 g/mol. The highest BCUT2D eigenvalue weighted by Crippen LogP contribution is 2.30. The SMILES string of the molecule is CCc1nc2c(-c3ccc(OC4CCN(C(=O)C(F)F)CC4)c(C)c3)ncnc2[nH]1. The standard InChI is InChI=1S/C21H23F2N5O2/c1-3-16-26-18-17(24-11-25-20(18)27-16)13-4-5-15(12(2)10-13)30-14-6-8-28(9-7-14)21(29)19(22)23/h4-5,10-11,14,19H,3,6-9H2,1-2H3,(H,24,25,26,27). The summed E-state index contributed by atoms with van der Waals surface area (Å²) in [6.45, 7) is 4.54. The molecule has 1 aliphatic heterocycles. The number of imidazole rings is 1. The molecule has 7 nitrogen and oxygen atoms in total. The lowest BCUT2D eigenvalue weighted by Crippen LogP contribution is -2.44. The Morgan fingerprint density at radius 1 is 1.30 bits per heavy atom. The van der Waals surface area contributed by atoms with Crippen LogP contribution in [-0.2, 0) is 11.2 Å². The van der Waals surface area contributed by atoms with Crippen LogP contribution in [0.3, 0.4) is 0 Å². The highest BCUT2D eigenvalue weighted by molar-refractivity contribution is 5.87. The second kappa shape index (κ2) is 8.33. The van der Waals surface area contributed by atoms with Gasteiger partial charge in [0.05, 0.1) is 0 Å².